The maximum Gasteiger partial charge on any atom is 0.192 e. The van der Waals surface area contributed by atoms with Crippen molar-refractivity contribution < 1.29 is 9.22 Å². The second-order valence-electron chi connectivity index (χ2n) is 8.94. The number of hydrogen-bond donors (Lipinski definition) is 0. The van der Waals surface area contributed by atoms with Crippen molar-refractivity contribution in [3.05, 3.63) is 35.5 Å². The molecule has 0 N–H and O–H groups in total. The number of ketones is 1. The summed E-state index contributed by atoms with van der Waals surface area (Å²) in [6.45, 7) is 23.5. The molecule has 144 valence electrons. The van der Waals surface area contributed by atoms with Gasteiger partial charge in [0.2, 0.25) is 0 Å². The Morgan fingerprint density at radius 2 is 1.64 bits per heavy atom. The van der Waals surface area contributed by atoms with Gasteiger partial charge in [0, 0.05) is 0 Å². The van der Waals surface area contributed by atoms with Gasteiger partial charge in [0.15, 0.2) is 14.1 Å². The maximum atomic E-state index is 11.1. The van der Waals surface area contributed by atoms with Crippen molar-refractivity contribution >= 4 is 14.1 Å². The lowest BCUT2D eigenvalue weighted by Gasteiger charge is -2.39. The molecule has 0 saturated carbocycles. The highest BCUT2D eigenvalue weighted by molar-refractivity contribution is 6.74. The standard InChI is InChI=1S/C22H40O2Si/c1-17(2)21(24-25(9,10)22(6,7)8)15-14-18(3)12-11-13-19(4)16-20(5)23/h12,16,21H,1,11,13-15H2,2-10H3/b18-12+,19-16?. The van der Waals surface area contributed by atoms with Crippen LogP contribution in [0.15, 0.2) is 35.5 Å². The average Bonchev–Trinajstić information content (AvgIpc) is 2.40. The highest BCUT2D eigenvalue weighted by atomic mass is 28.4. The van der Waals surface area contributed by atoms with Crippen LogP contribution in [0.1, 0.15) is 74.1 Å². The van der Waals surface area contributed by atoms with E-state index in [0.717, 1.165) is 36.8 Å². The molecule has 0 aromatic heterocycles. The molecule has 0 aliphatic heterocycles. The lowest BCUT2D eigenvalue weighted by Crippen LogP contribution is -2.44. The summed E-state index contributed by atoms with van der Waals surface area (Å²) in [4.78, 5) is 11.1. The fraction of sp³-hybridized carbons (Fsp3) is 0.682. The molecule has 25 heavy (non-hydrogen) atoms. The molecule has 0 aromatic carbocycles. The van der Waals surface area contributed by atoms with Gasteiger partial charge in [-0.05, 0) is 77.6 Å². The molecule has 3 heteroatoms. The fourth-order valence-corrected chi connectivity index (χ4v) is 3.75. The highest BCUT2D eigenvalue weighted by Gasteiger charge is 2.39. The number of allylic oxidation sites excluding steroid dienone is 4. The topological polar surface area (TPSA) is 26.3 Å². The van der Waals surface area contributed by atoms with Gasteiger partial charge < -0.3 is 4.43 Å². The molecular weight excluding hydrogens is 324 g/mol. The van der Waals surface area contributed by atoms with Crippen LogP contribution < -0.4 is 0 Å². The summed E-state index contributed by atoms with van der Waals surface area (Å²) in [5.74, 6) is 0.130. The Bertz CT molecular complexity index is 519. The van der Waals surface area contributed by atoms with E-state index in [1.165, 1.54) is 5.57 Å². The minimum Gasteiger partial charge on any atom is -0.410 e. The molecule has 2 nitrogen and oxygen atoms in total. The Balaban J connectivity index is 4.64. The molecule has 1 atom stereocenters. The van der Waals surface area contributed by atoms with E-state index in [1.807, 2.05) is 6.92 Å². The van der Waals surface area contributed by atoms with E-state index < -0.39 is 8.32 Å². The summed E-state index contributed by atoms with van der Waals surface area (Å²) >= 11 is 0. The molecule has 0 aliphatic rings. The Morgan fingerprint density at radius 1 is 1.08 bits per heavy atom. The van der Waals surface area contributed by atoms with Gasteiger partial charge in [-0.25, -0.2) is 0 Å². The minimum absolute atomic E-state index is 0.130. The third-order valence-corrected chi connectivity index (χ3v) is 9.56. The van der Waals surface area contributed by atoms with Crippen LogP contribution in [0.3, 0.4) is 0 Å². The van der Waals surface area contributed by atoms with Gasteiger partial charge >= 0.3 is 0 Å². The van der Waals surface area contributed by atoms with Gasteiger partial charge in [-0.1, -0.05) is 50.1 Å². The van der Waals surface area contributed by atoms with Crippen LogP contribution in [0.4, 0.5) is 0 Å². The Hall–Kier alpha value is -0.933. The van der Waals surface area contributed by atoms with Crippen LogP contribution >= 0.6 is 0 Å². The second-order valence-corrected chi connectivity index (χ2v) is 13.7. The van der Waals surface area contributed by atoms with Crippen LogP contribution in [-0.4, -0.2) is 20.2 Å². The third-order valence-electron chi connectivity index (χ3n) is 5.07. The summed E-state index contributed by atoms with van der Waals surface area (Å²) in [7, 11) is -1.78. The molecule has 0 spiro atoms. The van der Waals surface area contributed by atoms with Crippen LogP contribution in [0.5, 0.6) is 0 Å². The predicted molar refractivity (Wildman–Crippen MR) is 114 cm³/mol. The molecule has 0 rings (SSSR count). The minimum atomic E-state index is -1.78. The summed E-state index contributed by atoms with van der Waals surface area (Å²) in [5, 5.41) is 0.214. The van der Waals surface area contributed by atoms with E-state index in [1.54, 1.807) is 13.0 Å². The summed E-state index contributed by atoms with van der Waals surface area (Å²) in [6, 6.07) is 0. The number of carbonyl (C=O) groups is 1. The first-order valence-corrected chi connectivity index (χ1v) is 12.3. The van der Waals surface area contributed by atoms with Crippen molar-refractivity contribution in [3.63, 3.8) is 0 Å². The predicted octanol–water partition coefficient (Wildman–Crippen LogP) is 6.99. The molecule has 0 aliphatic carbocycles. The van der Waals surface area contributed by atoms with Crippen molar-refractivity contribution in [2.45, 2.75) is 98.4 Å². The van der Waals surface area contributed by atoms with Crippen molar-refractivity contribution in [3.8, 4) is 0 Å². The third kappa shape index (κ3) is 9.96. The first kappa shape index (κ1) is 24.1. The zero-order valence-corrected chi connectivity index (χ0v) is 19.1. The van der Waals surface area contributed by atoms with E-state index in [2.05, 4.69) is 60.4 Å². The van der Waals surface area contributed by atoms with Gasteiger partial charge in [0.1, 0.15) is 0 Å². The van der Waals surface area contributed by atoms with Crippen molar-refractivity contribution in [2.75, 3.05) is 0 Å². The van der Waals surface area contributed by atoms with Gasteiger partial charge in [0.05, 0.1) is 6.10 Å². The molecule has 0 bridgehead atoms. The molecule has 0 aromatic rings. The van der Waals surface area contributed by atoms with E-state index in [-0.39, 0.29) is 16.9 Å². The smallest absolute Gasteiger partial charge is 0.192 e. The maximum absolute atomic E-state index is 11.1. The van der Waals surface area contributed by atoms with E-state index in [9.17, 15) is 4.79 Å². The number of rotatable bonds is 10. The largest absolute Gasteiger partial charge is 0.410 e. The molecule has 0 saturated heterocycles. The second kappa shape index (κ2) is 10.3. The Labute approximate surface area is 157 Å². The molecular formula is C22H40O2Si. The highest BCUT2D eigenvalue weighted by Crippen LogP contribution is 2.38. The number of carbonyl (C=O) groups excluding carboxylic acids is 1. The number of hydrogen-bond acceptors (Lipinski definition) is 2. The van der Waals surface area contributed by atoms with Crippen LogP contribution in [-0.2, 0) is 9.22 Å². The SMILES string of the molecule is C=C(C)C(CC/C(C)=C/CCC(C)=CC(C)=O)O[Si](C)(C)C(C)(C)C. The van der Waals surface area contributed by atoms with E-state index >= 15 is 0 Å². The van der Waals surface area contributed by atoms with Crippen LogP contribution in [0.2, 0.25) is 18.1 Å². The van der Waals surface area contributed by atoms with Crippen molar-refractivity contribution in [1.82, 2.24) is 0 Å². The molecule has 0 heterocycles. The Kier molecular flexibility index (Phi) is 9.89. The molecule has 0 radical (unpaired) electrons. The average molecular weight is 365 g/mol. The molecule has 0 fully saturated rings. The Morgan fingerprint density at radius 3 is 2.08 bits per heavy atom. The van der Waals surface area contributed by atoms with Gasteiger partial charge in [-0.2, -0.15) is 0 Å². The van der Waals surface area contributed by atoms with Crippen molar-refractivity contribution in [1.29, 1.82) is 0 Å². The normalized spacial score (nSPS) is 15.2. The van der Waals surface area contributed by atoms with E-state index in [0.29, 0.717) is 0 Å². The zero-order chi connectivity index (χ0) is 19.8. The zero-order valence-electron chi connectivity index (χ0n) is 18.1. The van der Waals surface area contributed by atoms with Gasteiger partial charge in [-0.3, -0.25) is 4.79 Å². The van der Waals surface area contributed by atoms with Crippen LogP contribution in [0, 0.1) is 0 Å². The van der Waals surface area contributed by atoms with E-state index in [4.69, 9.17) is 4.43 Å². The molecule has 1 unspecified atom stereocenters. The summed E-state index contributed by atoms with van der Waals surface area (Å²) in [6.07, 6.45) is 8.12. The molecule has 0 amide bonds. The quantitative estimate of drug-likeness (QED) is 0.237. The fourth-order valence-electron chi connectivity index (χ4n) is 2.36. The lowest BCUT2D eigenvalue weighted by atomic mass is 10.0. The first-order valence-electron chi connectivity index (χ1n) is 9.43. The van der Waals surface area contributed by atoms with Crippen LogP contribution in [0.25, 0.3) is 0 Å². The first-order chi connectivity index (χ1) is 11.3. The summed E-state index contributed by atoms with van der Waals surface area (Å²) in [5.41, 5.74) is 3.66. The van der Waals surface area contributed by atoms with Crippen molar-refractivity contribution in [2.24, 2.45) is 0 Å². The van der Waals surface area contributed by atoms with Gasteiger partial charge in [-0.15, -0.1) is 0 Å². The van der Waals surface area contributed by atoms with Gasteiger partial charge in [0.25, 0.3) is 0 Å². The summed E-state index contributed by atoms with van der Waals surface area (Å²) < 4.78 is 6.57. The lowest BCUT2D eigenvalue weighted by molar-refractivity contribution is -0.112. The monoisotopic (exact) mass is 364 g/mol.